The highest BCUT2D eigenvalue weighted by Gasteiger charge is 2.14. The highest BCUT2D eigenvalue weighted by molar-refractivity contribution is 7.15. The van der Waals surface area contributed by atoms with Gasteiger partial charge in [-0.15, -0.1) is 16.4 Å². The van der Waals surface area contributed by atoms with Gasteiger partial charge in [-0.3, -0.25) is 10.1 Å². The third kappa shape index (κ3) is 3.54. The summed E-state index contributed by atoms with van der Waals surface area (Å²) < 4.78 is 12.2. The predicted molar refractivity (Wildman–Crippen MR) is 108 cm³/mol. The van der Waals surface area contributed by atoms with Crippen molar-refractivity contribution in [3.8, 4) is 22.8 Å². The monoisotopic (exact) mass is 394 g/mol. The molecule has 0 unspecified atom stereocenters. The molecule has 0 spiro atoms. The van der Waals surface area contributed by atoms with Gasteiger partial charge in [0.2, 0.25) is 16.8 Å². The predicted octanol–water partition coefficient (Wildman–Crippen LogP) is 3.66. The Morgan fingerprint density at radius 3 is 2.64 bits per heavy atom. The Morgan fingerprint density at radius 2 is 1.89 bits per heavy atom. The number of thiazole rings is 1. The summed E-state index contributed by atoms with van der Waals surface area (Å²) >= 11 is 1.48. The highest BCUT2D eigenvalue weighted by Crippen LogP contribution is 2.28. The van der Waals surface area contributed by atoms with E-state index in [2.05, 4.69) is 15.4 Å². The maximum atomic E-state index is 12.4. The average Bonchev–Trinajstić information content (AvgIpc) is 3.28. The highest BCUT2D eigenvalue weighted by atomic mass is 32.1. The number of rotatable bonds is 6. The van der Waals surface area contributed by atoms with Crippen molar-refractivity contribution < 1.29 is 14.3 Å². The number of fused-ring (bicyclic) bond motifs is 1. The van der Waals surface area contributed by atoms with Gasteiger partial charge in [-0.2, -0.15) is 4.98 Å². The molecule has 4 aromatic rings. The van der Waals surface area contributed by atoms with Crippen molar-refractivity contribution in [1.29, 1.82) is 0 Å². The Kier molecular flexibility index (Phi) is 4.94. The second kappa shape index (κ2) is 7.69. The van der Waals surface area contributed by atoms with Gasteiger partial charge in [0.1, 0.15) is 0 Å². The number of anilines is 1. The van der Waals surface area contributed by atoms with Gasteiger partial charge in [0.25, 0.3) is 0 Å². The normalized spacial score (nSPS) is 10.8. The van der Waals surface area contributed by atoms with Crippen LogP contribution >= 0.6 is 11.3 Å². The average molecular weight is 394 g/mol. The third-order valence-corrected chi connectivity index (χ3v) is 5.03. The SMILES string of the molecule is COc1ccc(CC(=O)Nc2nc3scc(-c4ccccc4)n3n2)cc1OC. The minimum absolute atomic E-state index is 0.179. The molecule has 0 bridgehead atoms. The zero-order valence-corrected chi connectivity index (χ0v) is 16.2. The summed E-state index contributed by atoms with van der Waals surface area (Å²) in [4.78, 5) is 17.5. The van der Waals surface area contributed by atoms with Crippen LogP contribution in [0.2, 0.25) is 0 Å². The molecule has 0 radical (unpaired) electrons. The standard InChI is InChI=1S/C20H18N4O3S/c1-26-16-9-8-13(10-17(16)27-2)11-18(25)21-19-22-20-24(23-19)15(12-28-20)14-6-4-3-5-7-14/h3-10,12H,11H2,1-2H3,(H,21,23,25). The lowest BCUT2D eigenvalue weighted by molar-refractivity contribution is -0.115. The molecule has 1 amide bonds. The Bertz CT molecular complexity index is 1120. The molecule has 142 valence electrons. The molecule has 0 atom stereocenters. The van der Waals surface area contributed by atoms with Gasteiger partial charge in [0.05, 0.1) is 26.3 Å². The van der Waals surface area contributed by atoms with E-state index in [1.807, 2.05) is 41.8 Å². The minimum Gasteiger partial charge on any atom is -0.493 e. The van der Waals surface area contributed by atoms with E-state index in [1.54, 1.807) is 30.9 Å². The van der Waals surface area contributed by atoms with Crippen molar-refractivity contribution in [3.05, 3.63) is 59.5 Å². The maximum absolute atomic E-state index is 12.4. The molecular weight excluding hydrogens is 376 g/mol. The molecule has 0 fully saturated rings. The summed E-state index contributed by atoms with van der Waals surface area (Å²) in [6, 6.07) is 15.3. The van der Waals surface area contributed by atoms with Gasteiger partial charge in [-0.05, 0) is 17.7 Å². The number of hydrogen-bond donors (Lipinski definition) is 1. The first-order chi connectivity index (χ1) is 13.7. The Labute approximate surface area is 165 Å². The number of benzene rings is 2. The van der Waals surface area contributed by atoms with Crippen LogP contribution in [0.3, 0.4) is 0 Å². The van der Waals surface area contributed by atoms with Crippen molar-refractivity contribution in [2.75, 3.05) is 19.5 Å². The lowest BCUT2D eigenvalue weighted by Crippen LogP contribution is -2.15. The van der Waals surface area contributed by atoms with Crippen molar-refractivity contribution in [1.82, 2.24) is 14.6 Å². The summed E-state index contributed by atoms with van der Waals surface area (Å²) in [6.45, 7) is 0. The van der Waals surface area contributed by atoms with Crippen molar-refractivity contribution >= 4 is 28.2 Å². The maximum Gasteiger partial charge on any atom is 0.250 e. The number of carbonyl (C=O) groups excluding carboxylic acids is 1. The molecule has 0 aliphatic heterocycles. The van der Waals surface area contributed by atoms with Crippen LogP contribution < -0.4 is 14.8 Å². The summed E-state index contributed by atoms with van der Waals surface area (Å²) in [6.07, 6.45) is 0.179. The van der Waals surface area contributed by atoms with E-state index >= 15 is 0 Å². The van der Waals surface area contributed by atoms with E-state index in [1.165, 1.54) is 11.3 Å². The largest absolute Gasteiger partial charge is 0.493 e. The van der Waals surface area contributed by atoms with Crippen LogP contribution in [0.5, 0.6) is 11.5 Å². The lowest BCUT2D eigenvalue weighted by Gasteiger charge is -2.09. The molecule has 8 heteroatoms. The number of hydrogen-bond acceptors (Lipinski definition) is 6. The van der Waals surface area contributed by atoms with Gasteiger partial charge in [-0.1, -0.05) is 36.4 Å². The summed E-state index contributed by atoms with van der Waals surface area (Å²) in [7, 11) is 3.14. The van der Waals surface area contributed by atoms with E-state index in [0.717, 1.165) is 21.8 Å². The van der Waals surface area contributed by atoms with Crippen molar-refractivity contribution in [3.63, 3.8) is 0 Å². The molecule has 0 aliphatic carbocycles. The Hall–Kier alpha value is -3.39. The van der Waals surface area contributed by atoms with Crippen molar-refractivity contribution in [2.45, 2.75) is 6.42 Å². The molecule has 2 heterocycles. The van der Waals surface area contributed by atoms with E-state index in [4.69, 9.17) is 9.47 Å². The van der Waals surface area contributed by atoms with Crippen LogP contribution in [0.4, 0.5) is 5.95 Å². The van der Waals surface area contributed by atoms with E-state index in [-0.39, 0.29) is 18.3 Å². The zero-order chi connectivity index (χ0) is 19.5. The smallest absolute Gasteiger partial charge is 0.250 e. The number of nitrogens with one attached hydrogen (secondary N) is 1. The van der Waals surface area contributed by atoms with Crippen LogP contribution in [0.15, 0.2) is 53.9 Å². The van der Waals surface area contributed by atoms with E-state index in [9.17, 15) is 4.79 Å². The molecule has 0 saturated heterocycles. The van der Waals surface area contributed by atoms with Crippen molar-refractivity contribution in [2.24, 2.45) is 0 Å². The topological polar surface area (TPSA) is 77.8 Å². The van der Waals surface area contributed by atoms with Crippen LogP contribution in [-0.4, -0.2) is 34.7 Å². The molecule has 0 saturated carbocycles. The van der Waals surface area contributed by atoms with Crippen LogP contribution in [0.1, 0.15) is 5.56 Å². The van der Waals surface area contributed by atoms with E-state index in [0.29, 0.717) is 11.5 Å². The summed E-state index contributed by atoms with van der Waals surface area (Å²) in [5.74, 6) is 1.29. The third-order valence-electron chi connectivity index (χ3n) is 4.22. The first-order valence-electron chi connectivity index (χ1n) is 8.58. The second-order valence-electron chi connectivity index (χ2n) is 6.03. The number of carbonyl (C=O) groups is 1. The van der Waals surface area contributed by atoms with Gasteiger partial charge in [0, 0.05) is 10.9 Å². The Morgan fingerprint density at radius 1 is 1.11 bits per heavy atom. The number of aromatic nitrogens is 3. The fourth-order valence-corrected chi connectivity index (χ4v) is 3.72. The van der Waals surface area contributed by atoms with Gasteiger partial charge in [-0.25, -0.2) is 4.52 Å². The molecule has 2 aromatic carbocycles. The molecule has 7 nitrogen and oxygen atoms in total. The van der Waals surface area contributed by atoms with E-state index < -0.39 is 0 Å². The minimum atomic E-state index is -0.202. The van der Waals surface area contributed by atoms with Crippen LogP contribution in [-0.2, 0) is 11.2 Å². The summed E-state index contributed by atoms with van der Waals surface area (Å²) in [5, 5.41) is 9.19. The molecule has 1 N–H and O–H groups in total. The second-order valence-corrected chi connectivity index (χ2v) is 6.87. The first kappa shape index (κ1) is 18.0. The molecule has 4 rings (SSSR count). The Balaban J connectivity index is 1.51. The van der Waals surface area contributed by atoms with Gasteiger partial charge < -0.3 is 9.47 Å². The lowest BCUT2D eigenvalue weighted by atomic mass is 10.1. The molecule has 28 heavy (non-hydrogen) atoms. The number of ether oxygens (including phenoxy) is 2. The number of nitrogens with zero attached hydrogens (tertiary/aromatic N) is 3. The number of methoxy groups -OCH3 is 2. The van der Waals surface area contributed by atoms with Crippen LogP contribution in [0.25, 0.3) is 16.2 Å². The molecular formula is C20H18N4O3S. The first-order valence-corrected chi connectivity index (χ1v) is 9.46. The zero-order valence-electron chi connectivity index (χ0n) is 15.4. The van der Waals surface area contributed by atoms with Gasteiger partial charge >= 0.3 is 0 Å². The molecule has 0 aliphatic rings. The summed E-state index contributed by atoms with van der Waals surface area (Å²) in [5.41, 5.74) is 2.79. The number of amides is 1. The molecule has 2 aromatic heterocycles. The quantitative estimate of drug-likeness (QED) is 0.540. The van der Waals surface area contributed by atoms with Gasteiger partial charge in [0.15, 0.2) is 11.5 Å². The van der Waals surface area contributed by atoms with Crippen LogP contribution in [0, 0.1) is 0 Å². The fraction of sp³-hybridized carbons (Fsp3) is 0.150. The fourth-order valence-electron chi connectivity index (χ4n) is 2.89.